The molecular weight excluding hydrogens is 218 g/mol. The van der Waals surface area contributed by atoms with Crippen LogP contribution in [0.3, 0.4) is 0 Å². The lowest BCUT2D eigenvalue weighted by Crippen LogP contribution is -2.08. The van der Waals surface area contributed by atoms with Crippen molar-refractivity contribution in [2.24, 2.45) is 7.05 Å². The summed E-state index contributed by atoms with van der Waals surface area (Å²) in [6.07, 6.45) is 1.45. The number of ether oxygens (including phenoxy) is 1. The van der Waals surface area contributed by atoms with Gasteiger partial charge in [-0.1, -0.05) is 17.3 Å². The summed E-state index contributed by atoms with van der Waals surface area (Å²) in [6, 6.07) is 7.08. The molecule has 2 aromatic rings. The molecule has 0 saturated heterocycles. The van der Waals surface area contributed by atoms with E-state index in [9.17, 15) is 4.79 Å². The molecule has 0 bridgehead atoms. The third kappa shape index (κ3) is 2.33. The van der Waals surface area contributed by atoms with Crippen LogP contribution in [0, 0.1) is 0 Å². The highest BCUT2D eigenvalue weighted by molar-refractivity contribution is 6.07. The lowest BCUT2D eigenvalue weighted by molar-refractivity contribution is 0.103. The first-order valence-corrected chi connectivity index (χ1v) is 5.34. The fourth-order valence-corrected chi connectivity index (χ4v) is 1.54. The zero-order valence-electron chi connectivity index (χ0n) is 9.75. The van der Waals surface area contributed by atoms with E-state index in [0.717, 1.165) is 0 Å². The van der Waals surface area contributed by atoms with Crippen molar-refractivity contribution in [1.29, 1.82) is 0 Å². The monoisotopic (exact) mass is 231 g/mol. The van der Waals surface area contributed by atoms with Crippen molar-refractivity contribution >= 4 is 5.78 Å². The predicted octanol–water partition coefficient (Wildman–Crippen LogP) is 1.44. The molecule has 0 aliphatic carbocycles. The van der Waals surface area contributed by atoms with Gasteiger partial charge in [0.05, 0.1) is 12.8 Å². The van der Waals surface area contributed by atoms with Gasteiger partial charge in [-0.15, -0.1) is 5.10 Å². The van der Waals surface area contributed by atoms with Crippen molar-refractivity contribution < 1.29 is 9.53 Å². The third-order valence-corrected chi connectivity index (χ3v) is 2.35. The van der Waals surface area contributed by atoms with Gasteiger partial charge >= 0.3 is 0 Å². The minimum atomic E-state index is -0.112. The average Bonchev–Trinajstić information content (AvgIpc) is 2.75. The van der Waals surface area contributed by atoms with Crippen LogP contribution in [0.1, 0.15) is 23.0 Å². The summed E-state index contributed by atoms with van der Waals surface area (Å²) < 4.78 is 6.81. The number of rotatable bonds is 4. The molecule has 17 heavy (non-hydrogen) atoms. The maximum absolute atomic E-state index is 12.1. The van der Waals surface area contributed by atoms with E-state index in [1.54, 1.807) is 25.2 Å². The third-order valence-electron chi connectivity index (χ3n) is 2.35. The Bertz CT molecular complexity index is 534. The SMILES string of the molecule is CCOc1cccc(C(=O)c2cnnn2C)c1. The van der Waals surface area contributed by atoms with E-state index in [2.05, 4.69) is 10.3 Å². The molecular formula is C12H13N3O2. The van der Waals surface area contributed by atoms with Crippen LogP contribution < -0.4 is 4.74 Å². The van der Waals surface area contributed by atoms with Gasteiger partial charge in [0.25, 0.3) is 0 Å². The van der Waals surface area contributed by atoms with Crippen LogP contribution in [0.4, 0.5) is 0 Å². The fraction of sp³-hybridized carbons (Fsp3) is 0.250. The lowest BCUT2D eigenvalue weighted by Gasteiger charge is -2.05. The maximum atomic E-state index is 12.1. The number of carbonyl (C=O) groups is 1. The second kappa shape index (κ2) is 4.78. The topological polar surface area (TPSA) is 57.0 Å². The molecule has 0 spiro atoms. The van der Waals surface area contributed by atoms with Crippen molar-refractivity contribution in [1.82, 2.24) is 15.0 Å². The molecule has 0 radical (unpaired) electrons. The maximum Gasteiger partial charge on any atom is 0.212 e. The molecule has 0 aliphatic heterocycles. The van der Waals surface area contributed by atoms with Crippen LogP contribution in [0.15, 0.2) is 30.5 Å². The summed E-state index contributed by atoms with van der Waals surface area (Å²) in [5.74, 6) is 0.576. The number of nitrogens with zero attached hydrogens (tertiary/aromatic N) is 3. The van der Waals surface area contributed by atoms with Gasteiger partial charge in [0, 0.05) is 12.6 Å². The van der Waals surface area contributed by atoms with Gasteiger partial charge in [-0.05, 0) is 19.1 Å². The summed E-state index contributed by atoms with van der Waals surface area (Å²) in [6.45, 7) is 2.48. The second-order valence-electron chi connectivity index (χ2n) is 3.53. The molecule has 88 valence electrons. The molecule has 0 saturated carbocycles. The lowest BCUT2D eigenvalue weighted by atomic mass is 10.1. The molecule has 1 heterocycles. The smallest absolute Gasteiger partial charge is 0.212 e. The zero-order valence-corrected chi connectivity index (χ0v) is 9.75. The van der Waals surface area contributed by atoms with Crippen LogP contribution >= 0.6 is 0 Å². The Morgan fingerprint density at radius 3 is 2.94 bits per heavy atom. The van der Waals surface area contributed by atoms with Crippen LogP contribution in [0.5, 0.6) is 5.75 Å². The Morgan fingerprint density at radius 2 is 2.29 bits per heavy atom. The van der Waals surface area contributed by atoms with Crippen molar-refractivity contribution in [3.05, 3.63) is 41.7 Å². The highest BCUT2D eigenvalue weighted by Gasteiger charge is 2.13. The molecule has 0 fully saturated rings. The molecule has 0 unspecified atom stereocenters. The quantitative estimate of drug-likeness (QED) is 0.747. The van der Waals surface area contributed by atoms with Crippen molar-refractivity contribution in [3.63, 3.8) is 0 Å². The molecule has 1 aromatic carbocycles. The van der Waals surface area contributed by atoms with Crippen molar-refractivity contribution in [2.45, 2.75) is 6.92 Å². The van der Waals surface area contributed by atoms with Gasteiger partial charge in [-0.2, -0.15) is 0 Å². The first kappa shape index (κ1) is 11.3. The number of hydrogen-bond donors (Lipinski definition) is 0. The average molecular weight is 231 g/mol. The Balaban J connectivity index is 2.31. The molecule has 1 aromatic heterocycles. The summed E-state index contributed by atoms with van der Waals surface area (Å²) in [4.78, 5) is 12.1. The molecule has 0 amide bonds. The van der Waals surface area contributed by atoms with Crippen LogP contribution in [-0.2, 0) is 7.05 Å². The zero-order chi connectivity index (χ0) is 12.3. The Kier molecular flexibility index (Phi) is 3.18. The minimum absolute atomic E-state index is 0.112. The van der Waals surface area contributed by atoms with E-state index in [1.165, 1.54) is 10.9 Å². The number of benzene rings is 1. The first-order valence-electron chi connectivity index (χ1n) is 5.34. The van der Waals surface area contributed by atoms with Gasteiger partial charge in [-0.3, -0.25) is 4.79 Å². The summed E-state index contributed by atoms with van der Waals surface area (Å²) in [5, 5.41) is 7.42. The van der Waals surface area contributed by atoms with Crippen molar-refractivity contribution in [2.75, 3.05) is 6.61 Å². The largest absolute Gasteiger partial charge is 0.494 e. The Morgan fingerprint density at radius 1 is 1.47 bits per heavy atom. The minimum Gasteiger partial charge on any atom is -0.494 e. The second-order valence-corrected chi connectivity index (χ2v) is 3.53. The Labute approximate surface area is 99.0 Å². The molecule has 0 N–H and O–H groups in total. The van der Waals surface area contributed by atoms with Crippen molar-refractivity contribution in [3.8, 4) is 5.75 Å². The van der Waals surface area contributed by atoms with E-state index in [0.29, 0.717) is 23.6 Å². The van der Waals surface area contributed by atoms with Crippen LogP contribution in [0.2, 0.25) is 0 Å². The van der Waals surface area contributed by atoms with Crippen LogP contribution in [-0.4, -0.2) is 27.4 Å². The number of hydrogen-bond acceptors (Lipinski definition) is 4. The van der Waals surface area contributed by atoms with E-state index >= 15 is 0 Å². The predicted molar refractivity (Wildman–Crippen MR) is 62.0 cm³/mol. The van der Waals surface area contributed by atoms with Gasteiger partial charge in [0.1, 0.15) is 11.4 Å². The van der Waals surface area contributed by atoms with Gasteiger partial charge in [0.2, 0.25) is 5.78 Å². The highest BCUT2D eigenvalue weighted by atomic mass is 16.5. The van der Waals surface area contributed by atoms with E-state index in [1.807, 2.05) is 13.0 Å². The fourth-order valence-electron chi connectivity index (χ4n) is 1.54. The number of aryl methyl sites for hydroxylation is 1. The number of aromatic nitrogens is 3. The molecule has 5 nitrogen and oxygen atoms in total. The van der Waals surface area contributed by atoms with Gasteiger partial charge in [-0.25, -0.2) is 4.68 Å². The standard InChI is InChI=1S/C12H13N3O2/c1-3-17-10-6-4-5-9(7-10)12(16)11-8-13-14-15(11)2/h4-8H,3H2,1-2H3. The van der Waals surface area contributed by atoms with E-state index < -0.39 is 0 Å². The normalized spacial score (nSPS) is 10.2. The molecule has 0 atom stereocenters. The van der Waals surface area contributed by atoms with Gasteiger partial charge in [0.15, 0.2) is 0 Å². The highest BCUT2D eigenvalue weighted by Crippen LogP contribution is 2.16. The summed E-state index contributed by atoms with van der Waals surface area (Å²) >= 11 is 0. The number of carbonyl (C=O) groups excluding carboxylic acids is 1. The molecule has 2 rings (SSSR count). The van der Waals surface area contributed by atoms with Crippen LogP contribution in [0.25, 0.3) is 0 Å². The van der Waals surface area contributed by atoms with Gasteiger partial charge < -0.3 is 4.74 Å². The number of ketones is 1. The van der Waals surface area contributed by atoms with E-state index in [4.69, 9.17) is 4.74 Å². The molecule has 5 heteroatoms. The Hall–Kier alpha value is -2.17. The molecule has 0 aliphatic rings. The first-order chi connectivity index (χ1) is 8.22. The summed E-state index contributed by atoms with van der Waals surface area (Å²) in [7, 11) is 1.69. The van der Waals surface area contributed by atoms with E-state index in [-0.39, 0.29) is 5.78 Å². The summed E-state index contributed by atoms with van der Waals surface area (Å²) in [5.41, 5.74) is 1.03.